The molecule has 76 valence electrons. The number of hydrogen-bond acceptors (Lipinski definition) is 3. The average molecular weight is 193 g/mol. The average Bonchev–Trinajstić information content (AvgIpc) is 2.63. The zero-order valence-corrected chi connectivity index (χ0v) is 8.50. The topological polar surface area (TPSA) is 41.5 Å². The maximum absolute atomic E-state index is 9.09. The van der Waals surface area contributed by atoms with Crippen molar-refractivity contribution < 1.29 is 9.84 Å². The third-order valence-electron chi connectivity index (χ3n) is 2.75. The molecule has 0 fully saturated rings. The minimum absolute atomic E-state index is 0.139. The maximum atomic E-state index is 9.09. The molecule has 2 rings (SSSR count). The largest absolute Gasteiger partial charge is 0.495 e. The van der Waals surface area contributed by atoms with Crippen LogP contribution in [-0.2, 0) is 6.42 Å². The molecule has 1 aromatic carbocycles. The number of methoxy groups -OCH3 is 1. The van der Waals surface area contributed by atoms with Crippen molar-refractivity contribution in [3.8, 4) is 5.75 Å². The summed E-state index contributed by atoms with van der Waals surface area (Å²) < 4.78 is 5.26. The molecule has 3 nitrogen and oxygen atoms in total. The molecule has 14 heavy (non-hydrogen) atoms. The molecule has 0 saturated carbocycles. The Morgan fingerprint density at radius 2 is 2.36 bits per heavy atom. The predicted octanol–water partition coefficient (Wildman–Crippen LogP) is 1.33. The fourth-order valence-corrected chi connectivity index (χ4v) is 1.93. The lowest BCUT2D eigenvalue weighted by Gasteiger charge is -2.10. The second kappa shape index (κ2) is 3.50. The SMILES string of the molecule is COc1ccc(C)c2c1NC(CO)C2. The summed E-state index contributed by atoms with van der Waals surface area (Å²) in [5, 5.41) is 12.4. The van der Waals surface area contributed by atoms with E-state index in [-0.39, 0.29) is 12.6 Å². The molecule has 3 heteroatoms. The Morgan fingerprint density at radius 1 is 1.57 bits per heavy atom. The van der Waals surface area contributed by atoms with Crippen LogP contribution in [0.2, 0.25) is 0 Å². The van der Waals surface area contributed by atoms with Crippen molar-refractivity contribution in [3.63, 3.8) is 0 Å². The normalized spacial score (nSPS) is 18.9. The number of hydrogen-bond donors (Lipinski definition) is 2. The highest BCUT2D eigenvalue weighted by Gasteiger charge is 2.24. The number of anilines is 1. The van der Waals surface area contributed by atoms with E-state index in [0.717, 1.165) is 17.9 Å². The van der Waals surface area contributed by atoms with Crippen molar-refractivity contribution in [3.05, 3.63) is 23.3 Å². The van der Waals surface area contributed by atoms with Crippen LogP contribution in [0.4, 0.5) is 5.69 Å². The molecule has 0 spiro atoms. The van der Waals surface area contributed by atoms with Gasteiger partial charge in [-0.2, -0.15) is 0 Å². The van der Waals surface area contributed by atoms with Gasteiger partial charge in [-0.3, -0.25) is 0 Å². The molecule has 0 aliphatic carbocycles. The van der Waals surface area contributed by atoms with E-state index < -0.39 is 0 Å². The van der Waals surface area contributed by atoms with Crippen molar-refractivity contribution in [1.82, 2.24) is 0 Å². The van der Waals surface area contributed by atoms with Gasteiger partial charge in [-0.15, -0.1) is 0 Å². The highest BCUT2D eigenvalue weighted by Crippen LogP contribution is 2.36. The molecular weight excluding hydrogens is 178 g/mol. The number of benzene rings is 1. The first-order chi connectivity index (χ1) is 6.76. The minimum atomic E-state index is 0.139. The molecule has 1 aliphatic rings. The Bertz CT molecular complexity index is 349. The van der Waals surface area contributed by atoms with Crippen LogP contribution >= 0.6 is 0 Å². The van der Waals surface area contributed by atoms with Crippen molar-refractivity contribution in [2.24, 2.45) is 0 Å². The first-order valence-corrected chi connectivity index (χ1v) is 4.80. The Balaban J connectivity index is 2.42. The van der Waals surface area contributed by atoms with Crippen molar-refractivity contribution >= 4 is 5.69 Å². The molecule has 2 N–H and O–H groups in total. The summed E-state index contributed by atoms with van der Waals surface area (Å²) in [6.07, 6.45) is 0.884. The van der Waals surface area contributed by atoms with Gasteiger partial charge in [0, 0.05) is 0 Å². The zero-order valence-electron chi connectivity index (χ0n) is 8.50. The highest BCUT2D eigenvalue weighted by atomic mass is 16.5. The summed E-state index contributed by atoms with van der Waals surface area (Å²) in [5.41, 5.74) is 3.57. The lowest BCUT2D eigenvalue weighted by Crippen LogP contribution is -2.19. The Hall–Kier alpha value is -1.22. The number of aliphatic hydroxyl groups is 1. The smallest absolute Gasteiger partial charge is 0.142 e. The van der Waals surface area contributed by atoms with Crippen LogP contribution in [0.5, 0.6) is 5.75 Å². The number of nitrogens with one attached hydrogen (secondary N) is 1. The van der Waals surface area contributed by atoms with Crippen LogP contribution in [0.25, 0.3) is 0 Å². The maximum Gasteiger partial charge on any atom is 0.142 e. The molecule has 0 radical (unpaired) electrons. The second-order valence-corrected chi connectivity index (χ2v) is 3.67. The van der Waals surface area contributed by atoms with Gasteiger partial charge < -0.3 is 15.2 Å². The molecule has 0 bridgehead atoms. The summed E-state index contributed by atoms with van der Waals surface area (Å²) in [4.78, 5) is 0. The fourth-order valence-electron chi connectivity index (χ4n) is 1.93. The number of aliphatic hydroxyl groups excluding tert-OH is 1. The molecule has 0 amide bonds. The molecule has 1 unspecified atom stereocenters. The van der Waals surface area contributed by atoms with Gasteiger partial charge in [-0.25, -0.2) is 0 Å². The molecule has 1 atom stereocenters. The molecule has 1 heterocycles. The van der Waals surface area contributed by atoms with Gasteiger partial charge in [-0.05, 0) is 30.5 Å². The lowest BCUT2D eigenvalue weighted by molar-refractivity contribution is 0.277. The zero-order chi connectivity index (χ0) is 10.1. The number of ether oxygens (including phenoxy) is 1. The summed E-state index contributed by atoms with van der Waals surface area (Å²) in [7, 11) is 1.67. The van der Waals surface area contributed by atoms with Crippen LogP contribution in [0.3, 0.4) is 0 Å². The number of fused-ring (bicyclic) bond motifs is 1. The van der Waals surface area contributed by atoms with Crippen molar-refractivity contribution in [2.75, 3.05) is 19.0 Å². The van der Waals surface area contributed by atoms with Gasteiger partial charge in [0.25, 0.3) is 0 Å². The van der Waals surface area contributed by atoms with E-state index in [4.69, 9.17) is 9.84 Å². The van der Waals surface area contributed by atoms with E-state index in [0.29, 0.717) is 0 Å². The number of aryl methyl sites for hydroxylation is 1. The Morgan fingerprint density at radius 3 is 3.00 bits per heavy atom. The molecule has 0 saturated heterocycles. The summed E-state index contributed by atoms with van der Waals surface area (Å²) in [6.45, 7) is 2.25. The summed E-state index contributed by atoms with van der Waals surface area (Å²) in [6, 6.07) is 4.15. The summed E-state index contributed by atoms with van der Waals surface area (Å²) >= 11 is 0. The fraction of sp³-hybridized carbons (Fsp3) is 0.455. The first-order valence-electron chi connectivity index (χ1n) is 4.80. The van der Waals surface area contributed by atoms with E-state index in [9.17, 15) is 0 Å². The third kappa shape index (κ3) is 1.34. The van der Waals surface area contributed by atoms with Crippen LogP contribution in [0.1, 0.15) is 11.1 Å². The highest BCUT2D eigenvalue weighted by molar-refractivity contribution is 5.68. The van der Waals surface area contributed by atoms with Gasteiger partial charge in [-0.1, -0.05) is 6.07 Å². The predicted molar refractivity (Wildman–Crippen MR) is 55.9 cm³/mol. The molecule has 1 aliphatic heterocycles. The first kappa shape index (κ1) is 9.34. The van der Waals surface area contributed by atoms with E-state index >= 15 is 0 Å². The van der Waals surface area contributed by atoms with Gasteiger partial charge >= 0.3 is 0 Å². The third-order valence-corrected chi connectivity index (χ3v) is 2.75. The monoisotopic (exact) mass is 193 g/mol. The van der Waals surface area contributed by atoms with Crippen molar-refractivity contribution in [2.45, 2.75) is 19.4 Å². The minimum Gasteiger partial charge on any atom is -0.495 e. The van der Waals surface area contributed by atoms with Crippen LogP contribution in [-0.4, -0.2) is 24.9 Å². The van der Waals surface area contributed by atoms with E-state index in [1.807, 2.05) is 6.07 Å². The van der Waals surface area contributed by atoms with Crippen molar-refractivity contribution in [1.29, 1.82) is 0 Å². The van der Waals surface area contributed by atoms with Crippen LogP contribution < -0.4 is 10.1 Å². The molecule has 1 aromatic rings. The lowest BCUT2D eigenvalue weighted by atomic mass is 10.0. The Kier molecular flexibility index (Phi) is 2.33. The van der Waals surface area contributed by atoms with Crippen LogP contribution in [0.15, 0.2) is 12.1 Å². The number of rotatable bonds is 2. The van der Waals surface area contributed by atoms with E-state index in [1.54, 1.807) is 7.11 Å². The molecular formula is C11H15NO2. The quantitative estimate of drug-likeness (QED) is 0.744. The second-order valence-electron chi connectivity index (χ2n) is 3.67. The summed E-state index contributed by atoms with van der Waals surface area (Å²) in [5.74, 6) is 0.863. The standard InChI is InChI=1S/C11H15NO2/c1-7-3-4-10(14-2)11-9(7)5-8(6-13)12-11/h3-4,8,12-13H,5-6H2,1-2H3. The molecule has 0 aromatic heterocycles. The van der Waals surface area contributed by atoms with Gasteiger partial charge in [0.15, 0.2) is 0 Å². The van der Waals surface area contributed by atoms with Crippen LogP contribution in [0, 0.1) is 6.92 Å². The van der Waals surface area contributed by atoms with Gasteiger partial charge in [0.1, 0.15) is 5.75 Å². The van der Waals surface area contributed by atoms with E-state index in [1.165, 1.54) is 11.1 Å². The Labute approximate surface area is 83.7 Å². The van der Waals surface area contributed by atoms with Gasteiger partial charge in [0.2, 0.25) is 0 Å². The van der Waals surface area contributed by atoms with Gasteiger partial charge in [0.05, 0.1) is 25.4 Å². The van der Waals surface area contributed by atoms with E-state index in [2.05, 4.69) is 18.3 Å².